The summed E-state index contributed by atoms with van der Waals surface area (Å²) in [4.78, 5) is 5.16. The Hall–Kier alpha value is -0.860. The fourth-order valence-corrected chi connectivity index (χ4v) is 2.60. The molecule has 1 aromatic rings. The molecule has 100 valence electrons. The van der Waals surface area contributed by atoms with Crippen LogP contribution in [0.15, 0.2) is 24.3 Å². The van der Waals surface area contributed by atoms with Gasteiger partial charge in [0.25, 0.3) is 0 Å². The summed E-state index contributed by atoms with van der Waals surface area (Å²) in [5, 5.41) is 0. The minimum Gasteiger partial charge on any atom is -0.301 e. The van der Waals surface area contributed by atoms with E-state index in [0.29, 0.717) is 0 Å². The third-order valence-corrected chi connectivity index (χ3v) is 3.62. The van der Waals surface area contributed by atoms with Gasteiger partial charge in [0.1, 0.15) is 0 Å². The van der Waals surface area contributed by atoms with E-state index in [2.05, 4.69) is 54.8 Å². The normalized spacial score (nSPS) is 18.4. The van der Waals surface area contributed by atoms with E-state index in [1.54, 1.807) is 0 Å². The molecule has 0 N–H and O–H groups in total. The SMILES string of the molecule is Cc1ccc(CN2CCN(CC(C)C)CC2)cc1. The van der Waals surface area contributed by atoms with Gasteiger partial charge in [-0.2, -0.15) is 0 Å². The first-order valence-electron chi connectivity index (χ1n) is 7.14. The van der Waals surface area contributed by atoms with Gasteiger partial charge in [0.05, 0.1) is 0 Å². The van der Waals surface area contributed by atoms with Crippen LogP contribution in [0.5, 0.6) is 0 Å². The van der Waals surface area contributed by atoms with Gasteiger partial charge >= 0.3 is 0 Å². The summed E-state index contributed by atoms with van der Waals surface area (Å²) in [5.41, 5.74) is 2.79. The molecule has 1 heterocycles. The summed E-state index contributed by atoms with van der Waals surface area (Å²) < 4.78 is 0. The van der Waals surface area contributed by atoms with Gasteiger partial charge in [0.2, 0.25) is 0 Å². The molecule has 18 heavy (non-hydrogen) atoms. The lowest BCUT2D eigenvalue weighted by Gasteiger charge is -2.35. The number of hydrogen-bond donors (Lipinski definition) is 0. The molecule has 0 aromatic heterocycles. The minimum atomic E-state index is 0.786. The summed E-state index contributed by atoms with van der Waals surface area (Å²) in [6.45, 7) is 14.0. The molecule has 0 bridgehead atoms. The fourth-order valence-electron chi connectivity index (χ4n) is 2.60. The van der Waals surface area contributed by atoms with Crippen molar-refractivity contribution in [2.75, 3.05) is 32.7 Å². The Labute approximate surface area is 112 Å². The van der Waals surface area contributed by atoms with Crippen molar-refractivity contribution in [3.05, 3.63) is 35.4 Å². The standard InChI is InChI=1S/C16H26N2/c1-14(2)12-17-8-10-18(11-9-17)13-16-6-4-15(3)5-7-16/h4-7,14H,8-13H2,1-3H3. The lowest BCUT2D eigenvalue weighted by Crippen LogP contribution is -2.46. The predicted molar refractivity (Wildman–Crippen MR) is 77.7 cm³/mol. The molecular weight excluding hydrogens is 220 g/mol. The molecule has 0 saturated carbocycles. The third kappa shape index (κ3) is 4.11. The number of nitrogens with zero attached hydrogens (tertiary/aromatic N) is 2. The van der Waals surface area contributed by atoms with Gasteiger partial charge in [0.15, 0.2) is 0 Å². The van der Waals surface area contributed by atoms with Crippen LogP contribution in [0.3, 0.4) is 0 Å². The molecule has 2 rings (SSSR count). The molecule has 1 fully saturated rings. The van der Waals surface area contributed by atoms with Crippen molar-refractivity contribution in [3.63, 3.8) is 0 Å². The second-order valence-corrected chi connectivity index (χ2v) is 5.96. The predicted octanol–water partition coefficient (Wildman–Crippen LogP) is 2.77. The van der Waals surface area contributed by atoms with Gasteiger partial charge in [-0.15, -0.1) is 0 Å². The van der Waals surface area contributed by atoms with E-state index in [9.17, 15) is 0 Å². The average molecular weight is 246 g/mol. The maximum absolute atomic E-state index is 2.59. The van der Waals surface area contributed by atoms with E-state index >= 15 is 0 Å². The lowest BCUT2D eigenvalue weighted by molar-refractivity contribution is 0.117. The molecule has 0 aliphatic carbocycles. The van der Waals surface area contributed by atoms with Gasteiger partial charge < -0.3 is 4.90 Å². The summed E-state index contributed by atoms with van der Waals surface area (Å²) in [6, 6.07) is 8.94. The van der Waals surface area contributed by atoms with E-state index in [-0.39, 0.29) is 0 Å². The summed E-state index contributed by atoms with van der Waals surface area (Å²) in [7, 11) is 0. The highest BCUT2D eigenvalue weighted by Crippen LogP contribution is 2.10. The topological polar surface area (TPSA) is 6.48 Å². The lowest BCUT2D eigenvalue weighted by atomic mass is 10.1. The Bertz CT molecular complexity index is 348. The average Bonchev–Trinajstić information content (AvgIpc) is 2.34. The Morgan fingerprint density at radius 2 is 1.50 bits per heavy atom. The molecule has 0 unspecified atom stereocenters. The number of hydrogen-bond acceptors (Lipinski definition) is 2. The fraction of sp³-hybridized carbons (Fsp3) is 0.625. The smallest absolute Gasteiger partial charge is 0.0234 e. The van der Waals surface area contributed by atoms with Crippen molar-refractivity contribution in [2.45, 2.75) is 27.3 Å². The maximum Gasteiger partial charge on any atom is 0.0234 e. The van der Waals surface area contributed by atoms with Crippen LogP contribution in [0.4, 0.5) is 0 Å². The van der Waals surface area contributed by atoms with Gasteiger partial charge in [-0.05, 0) is 18.4 Å². The number of benzene rings is 1. The zero-order valence-corrected chi connectivity index (χ0v) is 12.0. The Kier molecular flexibility index (Phi) is 4.79. The minimum absolute atomic E-state index is 0.786. The quantitative estimate of drug-likeness (QED) is 0.806. The van der Waals surface area contributed by atoms with Crippen molar-refractivity contribution in [1.29, 1.82) is 0 Å². The van der Waals surface area contributed by atoms with Gasteiger partial charge in [-0.1, -0.05) is 43.7 Å². The highest BCUT2D eigenvalue weighted by atomic mass is 15.3. The van der Waals surface area contributed by atoms with Crippen LogP contribution < -0.4 is 0 Å². The molecule has 0 radical (unpaired) electrons. The molecule has 1 aliphatic heterocycles. The van der Waals surface area contributed by atoms with Crippen molar-refractivity contribution >= 4 is 0 Å². The zero-order chi connectivity index (χ0) is 13.0. The molecule has 1 aliphatic rings. The second-order valence-electron chi connectivity index (χ2n) is 5.96. The Morgan fingerprint density at radius 3 is 2.06 bits per heavy atom. The molecule has 0 amide bonds. The molecule has 0 spiro atoms. The van der Waals surface area contributed by atoms with Gasteiger partial charge in [-0.25, -0.2) is 0 Å². The summed E-state index contributed by atoms with van der Waals surface area (Å²) in [6.07, 6.45) is 0. The monoisotopic (exact) mass is 246 g/mol. The molecule has 2 nitrogen and oxygen atoms in total. The summed E-state index contributed by atoms with van der Waals surface area (Å²) >= 11 is 0. The molecule has 2 heteroatoms. The molecular formula is C16H26N2. The first-order chi connectivity index (χ1) is 8.63. The van der Waals surface area contributed by atoms with E-state index in [1.165, 1.54) is 43.9 Å². The van der Waals surface area contributed by atoms with Crippen molar-refractivity contribution < 1.29 is 0 Å². The first-order valence-corrected chi connectivity index (χ1v) is 7.14. The van der Waals surface area contributed by atoms with Crippen LogP contribution in [-0.4, -0.2) is 42.5 Å². The number of rotatable bonds is 4. The Morgan fingerprint density at radius 1 is 0.944 bits per heavy atom. The highest BCUT2D eigenvalue weighted by molar-refractivity contribution is 5.21. The zero-order valence-electron chi connectivity index (χ0n) is 12.0. The Balaban J connectivity index is 1.78. The third-order valence-electron chi connectivity index (χ3n) is 3.62. The van der Waals surface area contributed by atoms with Crippen LogP contribution >= 0.6 is 0 Å². The number of piperazine rings is 1. The molecule has 1 aromatic carbocycles. The van der Waals surface area contributed by atoms with Crippen molar-refractivity contribution in [1.82, 2.24) is 9.80 Å². The van der Waals surface area contributed by atoms with E-state index in [0.717, 1.165) is 12.5 Å². The first kappa shape index (κ1) is 13.6. The van der Waals surface area contributed by atoms with E-state index < -0.39 is 0 Å². The van der Waals surface area contributed by atoms with Crippen LogP contribution in [0, 0.1) is 12.8 Å². The van der Waals surface area contributed by atoms with Crippen LogP contribution in [-0.2, 0) is 6.54 Å². The van der Waals surface area contributed by atoms with Crippen LogP contribution in [0.2, 0.25) is 0 Å². The van der Waals surface area contributed by atoms with E-state index in [1.807, 2.05) is 0 Å². The van der Waals surface area contributed by atoms with Crippen LogP contribution in [0.25, 0.3) is 0 Å². The van der Waals surface area contributed by atoms with Crippen LogP contribution in [0.1, 0.15) is 25.0 Å². The van der Waals surface area contributed by atoms with E-state index in [4.69, 9.17) is 0 Å². The second kappa shape index (κ2) is 6.35. The van der Waals surface area contributed by atoms with Crippen molar-refractivity contribution in [2.24, 2.45) is 5.92 Å². The number of aryl methyl sites for hydroxylation is 1. The molecule has 1 saturated heterocycles. The van der Waals surface area contributed by atoms with Gasteiger partial charge in [0, 0.05) is 39.3 Å². The molecule has 0 atom stereocenters. The largest absolute Gasteiger partial charge is 0.301 e. The van der Waals surface area contributed by atoms with Crippen molar-refractivity contribution in [3.8, 4) is 0 Å². The summed E-state index contributed by atoms with van der Waals surface area (Å²) in [5.74, 6) is 0.786. The highest BCUT2D eigenvalue weighted by Gasteiger charge is 2.17. The van der Waals surface area contributed by atoms with Gasteiger partial charge in [-0.3, -0.25) is 4.90 Å². The maximum atomic E-state index is 2.59.